The number of aromatic nitrogens is 3. The maximum absolute atomic E-state index is 8.88. The fraction of sp³-hybridized carbons (Fsp3) is 0.240. The van der Waals surface area contributed by atoms with Gasteiger partial charge in [0, 0.05) is 79.7 Å². The molecular formula is C25H24N6. The quantitative estimate of drug-likeness (QED) is 0.492. The third-order valence-corrected chi connectivity index (χ3v) is 5.94. The van der Waals surface area contributed by atoms with Crippen molar-refractivity contribution in [2.45, 2.75) is 13.0 Å². The number of rotatable bonds is 5. The van der Waals surface area contributed by atoms with Gasteiger partial charge in [0.2, 0.25) is 0 Å². The van der Waals surface area contributed by atoms with Crippen LogP contribution in [0.2, 0.25) is 0 Å². The second-order valence-electron chi connectivity index (χ2n) is 7.74. The minimum absolute atomic E-state index is 0.515. The van der Waals surface area contributed by atoms with Gasteiger partial charge in [-0.25, -0.2) is 0 Å². The van der Waals surface area contributed by atoms with Crippen LogP contribution in [0.3, 0.4) is 0 Å². The van der Waals surface area contributed by atoms with Gasteiger partial charge in [-0.2, -0.15) is 5.26 Å². The number of fused-ring (bicyclic) bond motifs is 1. The zero-order valence-corrected chi connectivity index (χ0v) is 17.4. The minimum Gasteiger partial charge on any atom is -0.368 e. The Labute approximate surface area is 182 Å². The van der Waals surface area contributed by atoms with Crippen molar-refractivity contribution in [3.63, 3.8) is 0 Å². The van der Waals surface area contributed by atoms with E-state index in [0.717, 1.165) is 49.5 Å². The van der Waals surface area contributed by atoms with Gasteiger partial charge in [-0.15, -0.1) is 0 Å². The molecule has 0 unspecified atom stereocenters. The van der Waals surface area contributed by atoms with E-state index in [9.17, 15) is 0 Å². The van der Waals surface area contributed by atoms with Crippen LogP contribution in [0.1, 0.15) is 6.42 Å². The molecule has 4 aromatic rings. The molecule has 31 heavy (non-hydrogen) atoms. The summed E-state index contributed by atoms with van der Waals surface area (Å²) < 4.78 is 2.14. The molecule has 1 aliphatic heterocycles. The van der Waals surface area contributed by atoms with E-state index in [4.69, 9.17) is 10.2 Å². The fourth-order valence-electron chi connectivity index (χ4n) is 4.35. The van der Waals surface area contributed by atoms with Crippen molar-refractivity contribution >= 4 is 22.3 Å². The highest BCUT2D eigenvalue weighted by molar-refractivity contribution is 5.87. The maximum atomic E-state index is 8.88. The third kappa shape index (κ3) is 3.82. The summed E-state index contributed by atoms with van der Waals surface area (Å²) in [4.78, 5) is 13.7. The summed E-state index contributed by atoms with van der Waals surface area (Å²) in [5, 5.41) is 10.1. The van der Waals surface area contributed by atoms with Crippen LogP contribution >= 0.6 is 0 Å². The number of benzene rings is 1. The second kappa shape index (κ2) is 8.49. The van der Waals surface area contributed by atoms with Gasteiger partial charge in [0.05, 0.1) is 23.9 Å². The smallest absolute Gasteiger partial charge is 0.0935 e. The maximum Gasteiger partial charge on any atom is 0.0935 e. The normalized spacial score (nSPS) is 14.0. The van der Waals surface area contributed by atoms with Crippen LogP contribution in [-0.2, 0) is 6.54 Å². The van der Waals surface area contributed by atoms with Crippen LogP contribution in [0.5, 0.6) is 0 Å². The molecule has 0 spiro atoms. The number of hydrogen-bond donors (Lipinski definition) is 0. The SMILES string of the molecule is N#CCCn1ccc2cc(-c3ncccc3N3CCN(c4ccncc4)CC3)ccc21. The van der Waals surface area contributed by atoms with Crippen LogP contribution in [0.15, 0.2) is 73.3 Å². The van der Waals surface area contributed by atoms with E-state index >= 15 is 0 Å². The molecule has 1 aromatic carbocycles. The van der Waals surface area contributed by atoms with E-state index in [0.29, 0.717) is 6.42 Å². The van der Waals surface area contributed by atoms with Crippen LogP contribution in [0.4, 0.5) is 11.4 Å². The molecular weight excluding hydrogens is 384 g/mol. The van der Waals surface area contributed by atoms with Crippen molar-refractivity contribution < 1.29 is 0 Å². The van der Waals surface area contributed by atoms with E-state index in [1.165, 1.54) is 16.8 Å². The van der Waals surface area contributed by atoms with Crippen molar-refractivity contribution in [1.82, 2.24) is 14.5 Å². The molecule has 1 saturated heterocycles. The van der Waals surface area contributed by atoms with Gasteiger partial charge in [-0.05, 0) is 42.5 Å². The predicted octanol–water partition coefficient (Wildman–Crippen LogP) is 4.34. The lowest BCUT2D eigenvalue weighted by Gasteiger charge is -2.37. The number of aryl methyl sites for hydroxylation is 1. The molecule has 0 saturated carbocycles. The number of piperazine rings is 1. The first-order chi connectivity index (χ1) is 15.3. The molecule has 0 atom stereocenters. The summed E-state index contributed by atoms with van der Waals surface area (Å²) in [5.41, 5.74) is 5.71. The van der Waals surface area contributed by atoms with Gasteiger partial charge in [-0.1, -0.05) is 6.07 Å². The topological polar surface area (TPSA) is 61.0 Å². The first-order valence-corrected chi connectivity index (χ1v) is 10.6. The van der Waals surface area contributed by atoms with E-state index in [-0.39, 0.29) is 0 Å². The molecule has 3 aromatic heterocycles. The molecule has 5 rings (SSSR count). The van der Waals surface area contributed by atoms with E-state index in [1.54, 1.807) is 0 Å². The molecule has 154 valence electrons. The summed E-state index contributed by atoms with van der Waals surface area (Å²) >= 11 is 0. The molecule has 0 aliphatic carbocycles. The van der Waals surface area contributed by atoms with Crippen molar-refractivity contribution in [3.8, 4) is 17.3 Å². The molecule has 0 radical (unpaired) electrons. The molecule has 1 aliphatic rings. The number of hydrogen-bond acceptors (Lipinski definition) is 5. The van der Waals surface area contributed by atoms with E-state index in [2.05, 4.69) is 74.1 Å². The largest absolute Gasteiger partial charge is 0.368 e. The molecule has 0 amide bonds. The lowest BCUT2D eigenvalue weighted by molar-refractivity contribution is 0.653. The van der Waals surface area contributed by atoms with Crippen molar-refractivity contribution in [2.24, 2.45) is 0 Å². The first kappa shape index (κ1) is 19.1. The van der Waals surface area contributed by atoms with E-state index < -0.39 is 0 Å². The molecule has 0 N–H and O–H groups in total. The molecule has 1 fully saturated rings. The average Bonchev–Trinajstić information content (AvgIpc) is 3.25. The number of anilines is 2. The highest BCUT2D eigenvalue weighted by Crippen LogP contribution is 2.32. The van der Waals surface area contributed by atoms with Crippen LogP contribution in [0, 0.1) is 11.3 Å². The standard InChI is InChI=1S/C25H24N6/c26-9-2-13-30-14-8-20-19-21(4-5-23(20)30)25-24(3-1-10-28-25)31-17-15-29(16-18-31)22-6-11-27-12-7-22/h1,3-8,10-12,14,19H,2,13,15-18H2. The van der Waals surface area contributed by atoms with Crippen LogP contribution in [-0.4, -0.2) is 40.7 Å². The number of nitrogens with zero attached hydrogens (tertiary/aromatic N) is 6. The van der Waals surface area contributed by atoms with Crippen molar-refractivity contribution in [1.29, 1.82) is 5.26 Å². The van der Waals surface area contributed by atoms with E-state index in [1.807, 2.05) is 24.7 Å². The molecule has 6 heteroatoms. The lowest BCUT2D eigenvalue weighted by atomic mass is 10.1. The first-order valence-electron chi connectivity index (χ1n) is 10.6. The number of pyridine rings is 2. The Hall–Kier alpha value is -3.85. The number of nitriles is 1. The van der Waals surface area contributed by atoms with Gasteiger partial charge >= 0.3 is 0 Å². The van der Waals surface area contributed by atoms with Crippen molar-refractivity contribution in [3.05, 3.63) is 73.3 Å². The summed E-state index contributed by atoms with van der Waals surface area (Å²) in [6.07, 6.45) is 8.15. The minimum atomic E-state index is 0.515. The Morgan fingerprint density at radius 3 is 2.52 bits per heavy atom. The molecule has 4 heterocycles. The zero-order valence-electron chi connectivity index (χ0n) is 17.4. The van der Waals surface area contributed by atoms with Gasteiger partial charge in [0.25, 0.3) is 0 Å². The molecule has 0 bridgehead atoms. The summed E-state index contributed by atoms with van der Waals surface area (Å²) in [6, 6.07) is 19.2. The monoisotopic (exact) mass is 408 g/mol. The fourth-order valence-corrected chi connectivity index (χ4v) is 4.35. The lowest BCUT2D eigenvalue weighted by Crippen LogP contribution is -2.46. The van der Waals surface area contributed by atoms with Gasteiger partial charge in [-0.3, -0.25) is 9.97 Å². The predicted molar refractivity (Wildman–Crippen MR) is 124 cm³/mol. The summed E-state index contributed by atoms with van der Waals surface area (Å²) in [7, 11) is 0. The summed E-state index contributed by atoms with van der Waals surface area (Å²) in [6.45, 7) is 4.57. The molecule has 6 nitrogen and oxygen atoms in total. The Balaban J connectivity index is 1.39. The highest BCUT2D eigenvalue weighted by Gasteiger charge is 2.20. The third-order valence-electron chi connectivity index (χ3n) is 5.94. The van der Waals surface area contributed by atoms with Crippen molar-refractivity contribution in [2.75, 3.05) is 36.0 Å². The average molecular weight is 409 g/mol. The zero-order chi connectivity index (χ0) is 21.0. The van der Waals surface area contributed by atoms with Crippen LogP contribution in [0.25, 0.3) is 22.2 Å². The van der Waals surface area contributed by atoms with Crippen LogP contribution < -0.4 is 9.80 Å². The van der Waals surface area contributed by atoms with Gasteiger partial charge in [0.1, 0.15) is 0 Å². The Morgan fingerprint density at radius 2 is 1.71 bits per heavy atom. The van der Waals surface area contributed by atoms with Gasteiger partial charge < -0.3 is 14.4 Å². The summed E-state index contributed by atoms with van der Waals surface area (Å²) in [5.74, 6) is 0. The highest BCUT2D eigenvalue weighted by atomic mass is 15.3. The Morgan fingerprint density at radius 1 is 0.903 bits per heavy atom. The Kier molecular flexibility index (Phi) is 5.24. The second-order valence-corrected chi connectivity index (χ2v) is 7.74. The van der Waals surface area contributed by atoms with Gasteiger partial charge in [0.15, 0.2) is 0 Å². The Bertz CT molecular complexity index is 1220.